The Morgan fingerprint density at radius 2 is 1.73 bits per heavy atom. The summed E-state index contributed by atoms with van der Waals surface area (Å²) in [6, 6.07) is 0. The van der Waals surface area contributed by atoms with Gasteiger partial charge in [-0.15, -0.1) is 0 Å². The Balaban J connectivity index is 3.86. The molecule has 1 heteroatoms. The van der Waals surface area contributed by atoms with Crippen LogP contribution in [0.25, 0.3) is 0 Å². The highest BCUT2D eigenvalue weighted by Crippen LogP contribution is 2.31. The van der Waals surface area contributed by atoms with Gasteiger partial charge in [-0.3, -0.25) is 0 Å². The van der Waals surface area contributed by atoms with Crippen molar-refractivity contribution in [2.24, 2.45) is 5.41 Å². The first kappa shape index (κ1) is 11.0. The van der Waals surface area contributed by atoms with Gasteiger partial charge in [-0.2, -0.15) is 0 Å². The van der Waals surface area contributed by atoms with Crippen molar-refractivity contribution in [2.45, 2.75) is 53.1 Å². The lowest BCUT2D eigenvalue weighted by atomic mass is 9.80. The van der Waals surface area contributed by atoms with Crippen LogP contribution in [0.15, 0.2) is 0 Å². The van der Waals surface area contributed by atoms with E-state index in [0.717, 1.165) is 0 Å². The number of ether oxygens (including phenoxy) is 1. The SMILES string of the molecule is CCC(C)(CC)CC(C)OC. The van der Waals surface area contributed by atoms with Crippen molar-refractivity contribution in [3.05, 3.63) is 0 Å². The van der Waals surface area contributed by atoms with Crippen molar-refractivity contribution in [2.75, 3.05) is 7.11 Å². The van der Waals surface area contributed by atoms with E-state index in [1.807, 2.05) is 0 Å². The maximum absolute atomic E-state index is 5.25. The highest BCUT2D eigenvalue weighted by Gasteiger charge is 2.22. The Hall–Kier alpha value is -0.0400. The zero-order chi connectivity index (χ0) is 8.91. The van der Waals surface area contributed by atoms with E-state index in [4.69, 9.17) is 4.74 Å². The van der Waals surface area contributed by atoms with Gasteiger partial charge in [0.15, 0.2) is 0 Å². The third kappa shape index (κ3) is 3.76. The van der Waals surface area contributed by atoms with Crippen LogP contribution in [0.3, 0.4) is 0 Å². The predicted molar refractivity (Wildman–Crippen MR) is 49.8 cm³/mol. The minimum absolute atomic E-state index is 0.403. The van der Waals surface area contributed by atoms with E-state index in [1.54, 1.807) is 7.11 Å². The van der Waals surface area contributed by atoms with Gasteiger partial charge in [0.25, 0.3) is 0 Å². The van der Waals surface area contributed by atoms with Crippen LogP contribution in [-0.2, 0) is 4.74 Å². The molecule has 0 radical (unpaired) electrons. The maximum Gasteiger partial charge on any atom is 0.0548 e. The summed E-state index contributed by atoms with van der Waals surface area (Å²) in [4.78, 5) is 0. The topological polar surface area (TPSA) is 9.23 Å². The van der Waals surface area contributed by atoms with Crippen LogP contribution in [0.2, 0.25) is 0 Å². The zero-order valence-corrected chi connectivity index (χ0v) is 8.61. The molecule has 0 aromatic rings. The van der Waals surface area contributed by atoms with Gasteiger partial charge in [-0.05, 0) is 18.8 Å². The molecule has 1 nitrogen and oxygen atoms in total. The molecule has 0 N–H and O–H groups in total. The minimum atomic E-state index is 0.403. The molecule has 0 aliphatic carbocycles. The fourth-order valence-electron chi connectivity index (χ4n) is 1.32. The molecule has 0 heterocycles. The lowest BCUT2D eigenvalue weighted by molar-refractivity contribution is 0.0666. The molecule has 0 rings (SSSR count). The first-order valence-electron chi connectivity index (χ1n) is 4.60. The molecule has 0 bridgehead atoms. The summed E-state index contributed by atoms with van der Waals surface area (Å²) >= 11 is 0. The van der Waals surface area contributed by atoms with Gasteiger partial charge in [0.2, 0.25) is 0 Å². The van der Waals surface area contributed by atoms with Crippen molar-refractivity contribution in [3.8, 4) is 0 Å². The van der Waals surface area contributed by atoms with Crippen LogP contribution in [0.5, 0.6) is 0 Å². The highest BCUT2D eigenvalue weighted by atomic mass is 16.5. The molecule has 0 fully saturated rings. The van der Waals surface area contributed by atoms with Crippen molar-refractivity contribution >= 4 is 0 Å². The summed E-state index contributed by atoms with van der Waals surface area (Å²) in [5.41, 5.74) is 0.482. The molecule has 0 saturated carbocycles. The Morgan fingerprint density at radius 3 is 2.00 bits per heavy atom. The van der Waals surface area contributed by atoms with Gasteiger partial charge in [0.05, 0.1) is 6.10 Å². The Bertz CT molecular complexity index is 95.0. The molecule has 0 amide bonds. The Morgan fingerprint density at radius 1 is 1.27 bits per heavy atom. The largest absolute Gasteiger partial charge is 0.382 e. The lowest BCUT2D eigenvalue weighted by Crippen LogP contribution is -2.21. The van der Waals surface area contributed by atoms with Gasteiger partial charge in [0, 0.05) is 7.11 Å². The average Bonchev–Trinajstić information content (AvgIpc) is 2.04. The normalized spacial score (nSPS) is 15.0. The number of methoxy groups -OCH3 is 1. The predicted octanol–water partition coefficient (Wildman–Crippen LogP) is 3.24. The van der Waals surface area contributed by atoms with Gasteiger partial charge in [-0.1, -0.05) is 33.6 Å². The minimum Gasteiger partial charge on any atom is -0.382 e. The molecule has 0 spiro atoms. The van der Waals surface area contributed by atoms with Gasteiger partial charge >= 0.3 is 0 Å². The fourth-order valence-corrected chi connectivity index (χ4v) is 1.32. The molecular formula is C10H22O. The Kier molecular flexibility index (Phi) is 4.74. The highest BCUT2D eigenvalue weighted by molar-refractivity contribution is 4.73. The van der Waals surface area contributed by atoms with Crippen LogP contribution >= 0.6 is 0 Å². The van der Waals surface area contributed by atoms with E-state index >= 15 is 0 Å². The van der Waals surface area contributed by atoms with Gasteiger partial charge < -0.3 is 4.74 Å². The molecule has 0 aromatic heterocycles. The second-order valence-electron chi connectivity index (χ2n) is 3.77. The van der Waals surface area contributed by atoms with E-state index in [0.29, 0.717) is 11.5 Å². The number of hydrogen-bond donors (Lipinski definition) is 0. The second-order valence-corrected chi connectivity index (χ2v) is 3.77. The Labute approximate surface area is 71.1 Å². The van der Waals surface area contributed by atoms with Gasteiger partial charge in [-0.25, -0.2) is 0 Å². The van der Waals surface area contributed by atoms with Crippen molar-refractivity contribution < 1.29 is 4.74 Å². The molecule has 0 aromatic carbocycles. The van der Waals surface area contributed by atoms with E-state index in [-0.39, 0.29) is 0 Å². The van der Waals surface area contributed by atoms with E-state index in [9.17, 15) is 0 Å². The summed E-state index contributed by atoms with van der Waals surface area (Å²) < 4.78 is 5.25. The standard InChI is InChI=1S/C10H22O/c1-6-10(4,7-2)8-9(3)11-5/h9H,6-8H2,1-5H3. The summed E-state index contributed by atoms with van der Waals surface area (Å²) in [7, 11) is 1.79. The van der Waals surface area contributed by atoms with Crippen molar-refractivity contribution in [1.29, 1.82) is 0 Å². The molecule has 1 unspecified atom stereocenters. The molecule has 68 valence electrons. The first-order chi connectivity index (χ1) is 5.08. The number of hydrogen-bond acceptors (Lipinski definition) is 1. The molecule has 0 saturated heterocycles. The van der Waals surface area contributed by atoms with Crippen molar-refractivity contribution in [3.63, 3.8) is 0 Å². The molecule has 0 aliphatic rings. The third-order valence-corrected chi connectivity index (χ3v) is 2.89. The van der Waals surface area contributed by atoms with Crippen LogP contribution in [0.4, 0.5) is 0 Å². The average molecular weight is 158 g/mol. The first-order valence-corrected chi connectivity index (χ1v) is 4.60. The number of rotatable bonds is 5. The molecule has 0 aliphatic heterocycles. The summed E-state index contributed by atoms with van der Waals surface area (Å²) in [5.74, 6) is 0. The van der Waals surface area contributed by atoms with Crippen LogP contribution < -0.4 is 0 Å². The lowest BCUT2D eigenvalue weighted by Gasteiger charge is -2.29. The van der Waals surface area contributed by atoms with E-state index in [2.05, 4.69) is 27.7 Å². The summed E-state index contributed by atoms with van der Waals surface area (Å²) in [6.45, 7) is 8.99. The van der Waals surface area contributed by atoms with Crippen LogP contribution in [-0.4, -0.2) is 13.2 Å². The molecule has 1 atom stereocenters. The van der Waals surface area contributed by atoms with E-state index < -0.39 is 0 Å². The summed E-state index contributed by atoms with van der Waals surface area (Å²) in [5, 5.41) is 0. The monoisotopic (exact) mass is 158 g/mol. The van der Waals surface area contributed by atoms with Crippen LogP contribution in [0.1, 0.15) is 47.0 Å². The molecule has 11 heavy (non-hydrogen) atoms. The zero-order valence-electron chi connectivity index (χ0n) is 8.61. The molecular weight excluding hydrogens is 136 g/mol. The van der Waals surface area contributed by atoms with Gasteiger partial charge in [0.1, 0.15) is 0 Å². The smallest absolute Gasteiger partial charge is 0.0548 e. The third-order valence-electron chi connectivity index (χ3n) is 2.89. The maximum atomic E-state index is 5.25. The van der Waals surface area contributed by atoms with Crippen LogP contribution in [0, 0.1) is 5.41 Å². The fraction of sp³-hybridized carbons (Fsp3) is 1.00. The van der Waals surface area contributed by atoms with E-state index in [1.165, 1.54) is 19.3 Å². The second kappa shape index (κ2) is 4.76. The van der Waals surface area contributed by atoms with Crippen molar-refractivity contribution in [1.82, 2.24) is 0 Å². The summed E-state index contributed by atoms with van der Waals surface area (Å²) in [6.07, 6.45) is 4.07. The quantitative estimate of drug-likeness (QED) is 0.597.